The number of methoxy groups -OCH3 is 1. The highest BCUT2D eigenvalue weighted by Gasteiger charge is 2.20. The summed E-state index contributed by atoms with van der Waals surface area (Å²) >= 11 is 1.24. The van der Waals surface area contributed by atoms with Crippen LogP contribution >= 0.6 is 11.3 Å². The highest BCUT2D eigenvalue weighted by Crippen LogP contribution is 2.22. The number of ether oxygens (including phenoxy) is 2. The van der Waals surface area contributed by atoms with Gasteiger partial charge in [0.05, 0.1) is 20.1 Å². The van der Waals surface area contributed by atoms with Gasteiger partial charge in [0.25, 0.3) is 5.91 Å². The molecule has 1 N–H and O–H groups in total. The number of nitrogens with zero attached hydrogens (tertiary/aromatic N) is 1. The molecule has 2 heterocycles. The Morgan fingerprint density at radius 2 is 2.19 bits per heavy atom. The number of benzene rings is 1. The zero-order chi connectivity index (χ0) is 18.5. The van der Waals surface area contributed by atoms with Gasteiger partial charge in [-0.2, -0.15) is 0 Å². The van der Waals surface area contributed by atoms with Crippen LogP contribution in [-0.2, 0) is 25.5 Å². The molecule has 26 heavy (non-hydrogen) atoms. The van der Waals surface area contributed by atoms with Gasteiger partial charge in [-0.15, -0.1) is 11.3 Å². The number of nitrogens with one attached hydrogen (secondary N) is 1. The predicted octanol–water partition coefficient (Wildman–Crippen LogP) is 2.08. The topological polar surface area (TPSA) is 84.9 Å². The van der Waals surface area contributed by atoms with Crippen LogP contribution in [0.5, 0.6) is 0 Å². The average Bonchev–Trinajstić information content (AvgIpc) is 3.10. The van der Waals surface area contributed by atoms with Gasteiger partial charge in [-0.25, -0.2) is 4.79 Å². The molecule has 8 heteroatoms. The highest BCUT2D eigenvalue weighted by molar-refractivity contribution is 7.12. The first-order valence-electron chi connectivity index (χ1n) is 8.00. The molecule has 1 saturated heterocycles. The van der Waals surface area contributed by atoms with Gasteiger partial charge in [0.1, 0.15) is 11.5 Å². The second-order valence-corrected chi connectivity index (χ2v) is 6.60. The molecule has 0 saturated carbocycles. The Hall–Kier alpha value is -2.71. The minimum absolute atomic E-state index is 0.0667. The molecular weight excluding hydrogens is 356 g/mol. The molecule has 7 nitrogen and oxygen atoms in total. The van der Waals surface area contributed by atoms with E-state index < -0.39 is 5.97 Å². The number of thiophene rings is 1. The number of morpholine rings is 1. The van der Waals surface area contributed by atoms with E-state index in [2.05, 4.69) is 10.1 Å². The van der Waals surface area contributed by atoms with E-state index in [1.807, 2.05) is 6.07 Å². The fourth-order valence-electron chi connectivity index (χ4n) is 2.61. The van der Waals surface area contributed by atoms with Gasteiger partial charge in [-0.05, 0) is 35.2 Å². The normalized spacial score (nSPS) is 14.2. The van der Waals surface area contributed by atoms with Crippen LogP contribution < -0.4 is 10.2 Å². The summed E-state index contributed by atoms with van der Waals surface area (Å²) in [4.78, 5) is 37.8. The third-order valence-electron chi connectivity index (χ3n) is 3.83. The van der Waals surface area contributed by atoms with Gasteiger partial charge in [0.15, 0.2) is 0 Å². The minimum Gasteiger partial charge on any atom is -0.465 e. The maximum Gasteiger partial charge on any atom is 0.348 e. The summed E-state index contributed by atoms with van der Waals surface area (Å²) in [5, 5.41) is 4.58. The summed E-state index contributed by atoms with van der Waals surface area (Å²) in [6.07, 6.45) is 0.147. The van der Waals surface area contributed by atoms with Gasteiger partial charge in [0.2, 0.25) is 5.91 Å². The highest BCUT2D eigenvalue weighted by atomic mass is 32.1. The van der Waals surface area contributed by atoms with Crippen molar-refractivity contribution in [1.29, 1.82) is 0 Å². The second-order valence-electron chi connectivity index (χ2n) is 5.68. The van der Waals surface area contributed by atoms with Crippen molar-refractivity contribution in [3.8, 4) is 0 Å². The summed E-state index contributed by atoms with van der Waals surface area (Å²) < 4.78 is 9.79. The zero-order valence-electron chi connectivity index (χ0n) is 14.2. The molecule has 1 aliphatic rings. The third-order valence-corrected chi connectivity index (χ3v) is 4.79. The van der Waals surface area contributed by atoms with E-state index in [4.69, 9.17) is 4.74 Å². The Kier molecular flexibility index (Phi) is 5.65. The number of anilines is 2. The van der Waals surface area contributed by atoms with Crippen LogP contribution in [0.2, 0.25) is 0 Å². The van der Waals surface area contributed by atoms with E-state index in [0.29, 0.717) is 23.7 Å². The van der Waals surface area contributed by atoms with E-state index in [0.717, 1.165) is 11.3 Å². The molecule has 136 valence electrons. The van der Waals surface area contributed by atoms with Crippen molar-refractivity contribution in [2.75, 3.05) is 37.1 Å². The first kappa shape index (κ1) is 18.1. The van der Waals surface area contributed by atoms with Crippen LogP contribution in [0.3, 0.4) is 0 Å². The zero-order valence-corrected chi connectivity index (χ0v) is 15.0. The first-order valence-corrected chi connectivity index (χ1v) is 8.88. The Bertz CT molecular complexity index is 832. The summed E-state index contributed by atoms with van der Waals surface area (Å²) in [5.41, 5.74) is 2.07. The van der Waals surface area contributed by atoms with E-state index in [1.54, 1.807) is 34.5 Å². The van der Waals surface area contributed by atoms with Crippen molar-refractivity contribution < 1.29 is 23.9 Å². The molecule has 0 radical (unpaired) electrons. The lowest BCUT2D eigenvalue weighted by atomic mass is 10.2. The third kappa shape index (κ3) is 4.27. The molecule has 2 aromatic rings. The Morgan fingerprint density at radius 3 is 2.96 bits per heavy atom. The lowest BCUT2D eigenvalue weighted by Gasteiger charge is -2.27. The van der Waals surface area contributed by atoms with E-state index >= 15 is 0 Å². The number of rotatable bonds is 5. The predicted molar refractivity (Wildman–Crippen MR) is 97.6 cm³/mol. The largest absolute Gasteiger partial charge is 0.465 e. The molecule has 0 aliphatic carbocycles. The molecule has 1 aliphatic heterocycles. The van der Waals surface area contributed by atoms with Gasteiger partial charge in [0, 0.05) is 17.9 Å². The van der Waals surface area contributed by atoms with Crippen molar-refractivity contribution in [1.82, 2.24) is 0 Å². The fraction of sp³-hybridized carbons (Fsp3) is 0.278. The quantitative estimate of drug-likeness (QED) is 0.810. The molecular formula is C18H18N2O5S. The molecule has 1 aromatic heterocycles. The van der Waals surface area contributed by atoms with Crippen molar-refractivity contribution >= 4 is 40.5 Å². The van der Waals surface area contributed by atoms with Crippen LogP contribution in [-0.4, -0.2) is 44.7 Å². The Balaban J connectivity index is 1.64. The fourth-order valence-corrected chi connectivity index (χ4v) is 3.44. The molecule has 2 amide bonds. The summed E-state index contributed by atoms with van der Waals surface area (Å²) in [6.45, 7) is 1.04. The lowest BCUT2D eigenvalue weighted by molar-refractivity contribution is -0.125. The standard InChI is InChI=1S/C18H18N2O5S/c1-24-18(23)15-7-12(11-26-15)8-16(21)19-13-3-2-4-14(9-13)20-5-6-25-10-17(20)22/h2-4,7,9,11H,5-6,8,10H2,1H3,(H,19,21). The maximum atomic E-state index is 12.3. The van der Waals surface area contributed by atoms with Crippen LogP contribution in [0.15, 0.2) is 35.7 Å². The number of hydrogen-bond acceptors (Lipinski definition) is 6. The van der Waals surface area contributed by atoms with Gasteiger partial charge in [-0.1, -0.05) is 6.07 Å². The summed E-state index contributed by atoms with van der Waals surface area (Å²) in [6, 6.07) is 8.78. The van der Waals surface area contributed by atoms with E-state index in [9.17, 15) is 14.4 Å². The molecule has 0 spiro atoms. The second kappa shape index (κ2) is 8.11. The van der Waals surface area contributed by atoms with Gasteiger partial charge < -0.3 is 19.7 Å². The number of carbonyl (C=O) groups is 3. The molecule has 1 aromatic carbocycles. The molecule has 0 unspecified atom stereocenters. The Labute approximate surface area is 154 Å². The SMILES string of the molecule is COC(=O)c1cc(CC(=O)Nc2cccc(N3CCOCC3=O)c2)cs1. The van der Waals surface area contributed by atoms with Crippen molar-refractivity contribution in [2.45, 2.75) is 6.42 Å². The summed E-state index contributed by atoms with van der Waals surface area (Å²) in [7, 11) is 1.32. The maximum absolute atomic E-state index is 12.3. The Morgan fingerprint density at radius 1 is 1.35 bits per heavy atom. The van der Waals surface area contributed by atoms with Crippen LogP contribution in [0.1, 0.15) is 15.2 Å². The van der Waals surface area contributed by atoms with Crippen molar-refractivity contribution in [2.24, 2.45) is 0 Å². The van der Waals surface area contributed by atoms with E-state index in [-0.39, 0.29) is 24.8 Å². The van der Waals surface area contributed by atoms with Crippen molar-refractivity contribution in [3.05, 3.63) is 46.2 Å². The monoisotopic (exact) mass is 374 g/mol. The summed E-state index contributed by atoms with van der Waals surface area (Å²) in [5.74, 6) is -0.720. The lowest BCUT2D eigenvalue weighted by Crippen LogP contribution is -2.41. The van der Waals surface area contributed by atoms with Crippen LogP contribution in [0.25, 0.3) is 0 Å². The number of hydrogen-bond donors (Lipinski definition) is 1. The van der Waals surface area contributed by atoms with Crippen molar-refractivity contribution in [3.63, 3.8) is 0 Å². The number of esters is 1. The minimum atomic E-state index is -0.412. The number of amides is 2. The number of carbonyl (C=O) groups excluding carboxylic acids is 3. The molecule has 0 bridgehead atoms. The average molecular weight is 374 g/mol. The molecule has 1 fully saturated rings. The smallest absolute Gasteiger partial charge is 0.348 e. The first-order chi connectivity index (χ1) is 12.6. The van der Waals surface area contributed by atoms with Crippen LogP contribution in [0.4, 0.5) is 11.4 Å². The van der Waals surface area contributed by atoms with Gasteiger partial charge >= 0.3 is 5.97 Å². The van der Waals surface area contributed by atoms with Gasteiger partial charge in [-0.3, -0.25) is 9.59 Å². The molecule has 0 atom stereocenters. The molecule has 3 rings (SSSR count). The van der Waals surface area contributed by atoms with E-state index in [1.165, 1.54) is 18.4 Å². The van der Waals surface area contributed by atoms with Crippen LogP contribution in [0, 0.1) is 0 Å².